The molecule has 0 amide bonds. The third kappa shape index (κ3) is 49.7. The number of hydrogen-bond acceptors (Lipinski definition) is 11. The number of nitrogens with zero attached hydrogens (tertiary/aromatic N) is 4. The van der Waals surface area contributed by atoms with E-state index in [0.717, 1.165) is 43.1 Å². The van der Waals surface area contributed by atoms with Crippen LogP contribution in [0, 0.1) is 23.7 Å². The van der Waals surface area contributed by atoms with Crippen molar-refractivity contribution in [1.29, 1.82) is 0 Å². The largest absolute Gasteiger partial charge is 1.00 e. The van der Waals surface area contributed by atoms with E-state index in [1.807, 2.05) is 6.92 Å². The molecule has 4 N–H and O–H groups in total. The Labute approximate surface area is 466 Å². The van der Waals surface area contributed by atoms with E-state index in [2.05, 4.69) is 52.6 Å². The summed E-state index contributed by atoms with van der Waals surface area (Å²) in [4.78, 5) is 0. The van der Waals surface area contributed by atoms with Crippen molar-refractivity contribution in [3.05, 3.63) is 8.25 Å². The van der Waals surface area contributed by atoms with Crippen LogP contribution in [0.5, 0.6) is 0 Å². The summed E-state index contributed by atoms with van der Waals surface area (Å²) in [5.41, 5.74) is 5.19. The molecule has 3 atom stereocenters. The van der Waals surface area contributed by atoms with Gasteiger partial charge in [0, 0.05) is 67.6 Å². The Morgan fingerprint density at radius 3 is 1.05 bits per heavy atom. The molecule has 62 heavy (non-hydrogen) atoms. The first-order chi connectivity index (χ1) is 26.1. The molecular weight excluding hydrogens is 1140 g/mol. The predicted molar refractivity (Wildman–Crippen MR) is 235 cm³/mol. The number of unbranched alkanes of at least 4 members (excludes halogenated alkanes) is 1. The van der Waals surface area contributed by atoms with E-state index >= 15 is 0 Å². The van der Waals surface area contributed by atoms with Crippen LogP contribution >= 0.6 is 31.9 Å². The second kappa shape index (κ2) is 42.0. The fraction of sp³-hybridized carbons (Fsp3) is 1.00. The molecule has 28 heteroatoms. The van der Waals surface area contributed by atoms with E-state index in [1.54, 1.807) is 0 Å². The van der Waals surface area contributed by atoms with Crippen molar-refractivity contribution in [3.8, 4) is 0 Å². The quantitative estimate of drug-likeness (QED) is 0.0675. The molecule has 0 aromatic carbocycles. The molecule has 2 spiro atoms. The van der Waals surface area contributed by atoms with Crippen LogP contribution in [0.4, 0.5) is 15.5 Å². The van der Waals surface area contributed by atoms with Crippen molar-refractivity contribution in [2.75, 3.05) is 76.2 Å². The Bertz CT molecular complexity index is 1350. The molecular formula is C34H74Br3F4KN5NaO10S4. The minimum atomic E-state index is -5.62. The van der Waals surface area contributed by atoms with Gasteiger partial charge in [-0.3, -0.25) is 0 Å². The molecule has 370 valence electrons. The maximum Gasteiger partial charge on any atom is 1.00 e. The van der Waals surface area contributed by atoms with Gasteiger partial charge in [0.1, 0.15) is 0 Å². The van der Waals surface area contributed by atoms with Gasteiger partial charge < -0.3 is 50.5 Å². The number of hydrogen-bond donors (Lipinski definition) is 2. The molecule has 1 saturated carbocycles. The normalized spacial score (nSPS) is 21.0. The number of nitrogens with two attached hydrogens (primary N) is 1. The van der Waals surface area contributed by atoms with E-state index < -0.39 is 41.6 Å². The number of rotatable bonds is 10. The van der Waals surface area contributed by atoms with Gasteiger partial charge in [-0.25, -0.2) is 33.7 Å². The number of aliphatic hydroxyl groups excluding tert-OH is 1. The van der Waals surface area contributed by atoms with Crippen LogP contribution in [0.25, 0.3) is 8.25 Å². The molecule has 0 aromatic rings. The van der Waals surface area contributed by atoms with Crippen molar-refractivity contribution in [2.24, 2.45) is 29.4 Å². The van der Waals surface area contributed by atoms with Crippen molar-refractivity contribution >= 4 is 73.5 Å². The number of quaternary nitrogens is 2. The SMILES string of the molecule is BrCCCCBr.C.CC(CO)CCN.CC1CCCC1.CC1CC[N+]2(CCCC2)C1.CC1CC[N+]2(CCCC2)C1.O=S(=O)(F)[N-]S(=O)(=O)F.O=S(=O)(F)[N-]S(=O)(=O)F.[Br-].[K+].[Na+].[OH-]. The van der Waals surface area contributed by atoms with Gasteiger partial charge in [-0.2, -0.15) is 0 Å². The Balaban J connectivity index is -0.000000113. The average molecular weight is 1220 g/mol. The van der Waals surface area contributed by atoms with E-state index in [9.17, 15) is 49.2 Å². The van der Waals surface area contributed by atoms with E-state index in [0.29, 0.717) is 12.5 Å². The second-order valence-corrected chi connectivity index (χ2v) is 21.8. The Kier molecular flexibility index (Phi) is 53.9. The zero-order valence-corrected chi connectivity index (χ0v) is 49.9. The molecule has 5 fully saturated rings. The summed E-state index contributed by atoms with van der Waals surface area (Å²) in [6, 6.07) is 0. The van der Waals surface area contributed by atoms with Crippen molar-refractivity contribution in [3.63, 3.8) is 0 Å². The number of aliphatic hydroxyl groups is 1. The second-order valence-electron chi connectivity index (χ2n) is 15.7. The van der Waals surface area contributed by atoms with Gasteiger partial charge in [0.2, 0.25) is 41.6 Å². The molecule has 5 aliphatic rings. The van der Waals surface area contributed by atoms with Crippen LogP contribution in [-0.4, -0.2) is 129 Å². The standard InChI is InChI=1S/2C9H18N.C6H12.C5H13NO.C4H8Br2.CH4.BrH.2F2NO4S2.K.Na.H2O/c2*1-9-4-7-10(8-9)5-2-3-6-10;1-6-4-2-3-5-6;1-5(4-7)2-3-6;5-3-1-2-4-6;;;2*1-8(4,5)3-9(2,6)7;;;/h2*9H,2-8H2,1H3;6H,2-5H2,1H3;5,7H,2-4,6H2,1H3;1-4H2;1H4;1H;;;;;1H2/q2*+1;;;;;;2*-1;2*+1;/p-2. The summed E-state index contributed by atoms with van der Waals surface area (Å²) in [7, 11) is -22.5. The molecule has 4 aliphatic heterocycles. The molecule has 5 rings (SSSR count). The van der Waals surface area contributed by atoms with Gasteiger partial charge in [0.15, 0.2) is 0 Å². The van der Waals surface area contributed by atoms with Gasteiger partial charge >= 0.3 is 80.9 Å². The van der Waals surface area contributed by atoms with Gasteiger partial charge in [-0.15, -0.1) is 15.5 Å². The van der Waals surface area contributed by atoms with Gasteiger partial charge in [-0.1, -0.05) is 92.7 Å². The van der Waals surface area contributed by atoms with Gasteiger partial charge in [-0.05, 0) is 37.6 Å². The summed E-state index contributed by atoms with van der Waals surface area (Å²) in [5.74, 6) is 3.45. The van der Waals surface area contributed by atoms with Crippen molar-refractivity contribution in [2.45, 2.75) is 119 Å². The minimum absolute atomic E-state index is 0. The minimum Gasteiger partial charge on any atom is -1.00 e. The first kappa shape index (κ1) is 79.4. The number of halogens is 7. The van der Waals surface area contributed by atoms with Crippen LogP contribution in [0.2, 0.25) is 0 Å². The molecule has 0 radical (unpaired) electrons. The molecule has 4 saturated heterocycles. The van der Waals surface area contributed by atoms with E-state index in [4.69, 9.17) is 10.8 Å². The van der Waals surface area contributed by atoms with Crippen LogP contribution in [-0.2, 0) is 41.6 Å². The Morgan fingerprint density at radius 2 is 0.919 bits per heavy atom. The summed E-state index contributed by atoms with van der Waals surface area (Å²) in [5, 5.41) is 10.7. The summed E-state index contributed by atoms with van der Waals surface area (Å²) >= 11 is 6.66. The zero-order valence-electron chi connectivity index (χ0n) is 36.8. The van der Waals surface area contributed by atoms with Crippen LogP contribution in [0.3, 0.4) is 0 Å². The molecule has 4 heterocycles. The maximum atomic E-state index is 11.1. The predicted octanol–water partition coefficient (Wildman–Crippen LogP) is -0.961. The fourth-order valence-electron chi connectivity index (χ4n) is 7.41. The molecule has 0 aromatic heterocycles. The number of alkyl halides is 2. The first-order valence-corrected chi connectivity index (χ1v) is 27.1. The monoisotopic (exact) mass is 1220 g/mol. The van der Waals surface area contributed by atoms with E-state index in [-0.39, 0.29) is 117 Å². The first-order valence-electron chi connectivity index (χ1n) is 19.5. The molecule has 3 unspecified atom stereocenters. The maximum absolute atomic E-state index is 11.1. The molecule has 1 aliphatic carbocycles. The van der Waals surface area contributed by atoms with Crippen molar-refractivity contribution < 1.29 is 167 Å². The topological polar surface area (TPSA) is 241 Å². The molecule has 0 bridgehead atoms. The van der Waals surface area contributed by atoms with Gasteiger partial charge in [0.25, 0.3) is 0 Å². The van der Waals surface area contributed by atoms with Gasteiger partial charge in [0.05, 0.1) is 52.4 Å². The Hall–Kier alpha value is 3.32. The van der Waals surface area contributed by atoms with Crippen LogP contribution < -0.4 is 104 Å². The third-order valence-electron chi connectivity index (χ3n) is 10.1. The Morgan fingerprint density at radius 1 is 0.629 bits per heavy atom. The summed E-state index contributed by atoms with van der Waals surface area (Å²) < 4.78 is 123. The van der Waals surface area contributed by atoms with Crippen LogP contribution in [0.15, 0.2) is 0 Å². The van der Waals surface area contributed by atoms with Crippen molar-refractivity contribution in [1.82, 2.24) is 0 Å². The zero-order chi connectivity index (χ0) is 44.4. The smallest absolute Gasteiger partial charge is 1.00 e. The molecule has 15 nitrogen and oxygen atoms in total. The fourth-order valence-corrected chi connectivity index (χ4v) is 9.90. The third-order valence-corrected chi connectivity index (χ3v) is 14.1. The summed E-state index contributed by atoms with van der Waals surface area (Å²) in [6.07, 6.45) is 18.4. The van der Waals surface area contributed by atoms with Crippen LogP contribution in [0.1, 0.15) is 119 Å². The summed E-state index contributed by atoms with van der Waals surface area (Å²) in [6.45, 7) is 22.0. The average Bonchev–Trinajstić information content (AvgIpc) is 3.91. The van der Waals surface area contributed by atoms with E-state index in [1.165, 1.54) is 138 Å².